The monoisotopic (exact) mass is 322 g/mol. The lowest BCUT2D eigenvalue weighted by Crippen LogP contribution is -2.48. The van der Waals surface area contributed by atoms with Crippen molar-refractivity contribution >= 4 is 6.29 Å². The predicted molar refractivity (Wildman–Crippen MR) is 91.0 cm³/mol. The average Bonchev–Trinajstić information content (AvgIpc) is 3.02. The van der Waals surface area contributed by atoms with Crippen molar-refractivity contribution in [1.82, 2.24) is 0 Å². The van der Waals surface area contributed by atoms with Crippen LogP contribution in [-0.2, 0) is 5.41 Å². The smallest absolute Gasteiger partial charge is 0.185 e. The van der Waals surface area contributed by atoms with Gasteiger partial charge in [0.15, 0.2) is 12.0 Å². The normalized spacial score (nSPS) is 33.8. The number of aromatic hydroxyl groups is 1. The van der Waals surface area contributed by atoms with Crippen LogP contribution < -0.4 is 0 Å². The quantitative estimate of drug-likeness (QED) is 0.815. The van der Waals surface area contributed by atoms with Gasteiger partial charge < -0.3 is 9.52 Å². The first-order valence-corrected chi connectivity index (χ1v) is 9.04. The molecular formula is C21H22O3. The zero-order valence-corrected chi connectivity index (χ0v) is 13.7. The predicted octanol–water partition coefficient (Wildman–Crippen LogP) is 4.93. The number of hydrogen-bond acceptors (Lipinski definition) is 3. The van der Waals surface area contributed by atoms with E-state index in [-0.39, 0.29) is 11.2 Å². The highest BCUT2D eigenvalue weighted by Gasteiger charge is 2.51. The van der Waals surface area contributed by atoms with Crippen LogP contribution in [0.25, 0.3) is 11.3 Å². The van der Waals surface area contributed by atoms with Gasteiger partial charge in [-0.1, -0.05) is 6.07 Å². The Labute approximate surface area is 141 Å². The van der Waals surface area contributed by atoms with Gasteiger partial charge in [-0.25, -0.2) is 0 Å². The molecule has 0 amide bonds. The average molecular weight is 322 g/mol. The summed E-state index contributed by atoms with van der Waals surface area (Å²) in [7, 11) is 0. The molecule has 24 heavy (non-hydrogen) atoms. The molecule has 4 aliphatic carbocycles. The molecule has 0 atom stereocenters. The lowest BCUT2D eigenvalue weighted by Gasteiger charge is -2.57. The van der Waals surface area contributed by atoms with Crippen molar-refractivity contribution in [3.63, 3.8) is 0 Å². The second kappa shape index (κ2) is 4.98. The maximum absolute atomic E-state index is 10.9. The summed E-state index contributed by atoms with van der Waals surface area (Å²) in [4.78, 5) is 10.9. The number of aldehydes is 1. The van der Waals surface area contributed by atoms with Gasteiger partial charge in [-0.3, -0.25) is 4.79 Å². The van der Waals surface area contributed by atoms with Crippen molar-refractivity contribution in [1.29, 1.82) is 0 Å². The number of furan rings is 1. The summed E-state index contributed by atoms with van der Waals surface area (Å²) in [6, 6.07) is 9.43. The standard InChI is InChI=1S/C21H22O3/c22-12-17-2-4-20(24-17)18-8-16(1-3-19(18)23)21-9-13-5-14(10-21)7-15(6-13)11-21/h1-4,8,12-15,23H,5-7,9-11H2. The third-order valence-electron chi connectivity index (χ3n) is 6.66. The molecule has 0 unspecified atom stereocenters. The largest absolute Gasteiger partial charge is 0.507 e. The lowest BCUT2D eigenvalue weighted by atomic mass is 9.48. The van der Waals surface area contributed by atoms with E-state index in [4.69, 9.17) is 4.42 Å². The molecule has 0 aliphatic heterocycles. The minimum atomic E-state index is 0.218. The first-order chi connectivity index (χ1) is 11.6. The molecule has 6 rings (SSSR count). The zero-order chi connectivity index (χ0) is 16.3. The Morgan fingerprint density at radius 1 is 1.00 bits per heavy atom. The van der Waals surface area contributed by atoms with E-state index in [1.807, 2.05) is 0 Å². The fraction of sp³-hybridized carbons (Fsp3) is 0.476. The number of carbonyl (C=O) groups is 1. The van der Waals surface area contributed by atoms with Crippen LogP contribution in [0.3, 0.4) is 0 Å². The Hall–Kier alpha value is -2.03. The van der Waals surface area contributed by atoms with Gasteiger partial charge in [-0.2, -0.15) is 0 Å². The van der Waals surface area contributed by atoms with Crippen LogP contribution in [-0.4, -0.2) is 11.4 Å². The first kappa shape index (κ1) is 14.3. The summed E-state index contributed by atoms with van der Waals surface area (Å²) in [5, 5.41) is 10.3. The number of hydrogen-bond donors (Lipinski definition) is 1. The number of benzene rings is 1. The minimum Gasteiger partial charge on any atom is -0.507 e. The van der Waals surface area contributed by atoms with E-state index in [0.717, 1.165) is 17.8 Å². The molecule has 124 valence electrons. The van der Waals surface area contributed by atoms with Gasteiger partial charge in [0.05, 0.1) is 5.56 Å². The Kier molecular flexibility index (Phi) is 2.97. The Bertz CT molecular complexity index is 766. The van der Waals surface area contributed by atoms with E-state index in [9.17, 15) is 9.90 Å². The van der Waals surface area contributed by atoms with E-state index in [0.29, 0.717) is 23.4 Å². The second-order valence-corrected chi connectivity index (χ2v) is 8.25. The third-order valence-corrected chi connectivity index (χ3v) is 6.66. The molecule has 4 bridgehead atoms. The van der Waals surface area contributed by atoms with Gasteiger partial charge in [0.2, 0.25) is 0 Å². The molecule has 4 saturated carbocycles. The Balaban J connectivity index is 1.57. The van der Waals surface area contributed by atoms with Crippen molar-refractivity contribution < 1.29 is 14.3 Å². The molecule has 3 nitrogen and oxygen atoms in total. The van der Waals surface area contributed by atoms with Crippen LogP contribution in [0.1, 0.15) is 54.6 Å². The Morgan fingerprint density at radius 2 is 1.67 bits per heavy atom. The van der Waals surface area contributed by atoms with Gasteiger partial charge >= 0.3 is 0 Å². The van der Waals surface area contributed by atoms with E-state index in [1.165, 1.54) is 44.1 Å². The van der Waals surface area contributed by atoms with Crippen molar-refractivity contribution in [2.24, 2.45) is 17.8 Å². The molecular weight excluding hydrogens is 300 g/mol. The van der Waals surface area contributed by atoms with Crippen molar-refractivity contribution in [2.75, 3.05) is 0 Å². The number of carbonyl (C=O) groups excluding carboxylic acids is 1. The topological polar surface area (TPSA) is 50.4 Å². The van der Waals surface area contributed by atoms with Crippen molar-refractivity contribution in [2.45, 2.75) is 43.9 Å². The molecule has 4 aliphatic rings. The van der Waals surface area contributed by atoms with E-state index >= 15 is 0 Å². The molecule has 1 N–H and O–H groups in total. The number of phenolic OH excluding ortho intramolecular Hbond substituents is 1. The first-order valence-electron chi connectivity index (χ1n) is 9.04. The molecule has 2 aromatic rings. The van der Waals surface area contributed by atoms with Gasteiger partial charge in [0, 0.05) is 0 Å². The Morgan fingerprint density at radius 3 is 2.25 bits per heavy atom. The molecule has 0 saturated heterocycles. The molecule has 1 aromatic heterocycles. The van der Waals surface area contributed by atoms with Gasteiger partial charge in [-0.15, -0.1) is 0 Å². The van der Waals surface area contributed by atoms with Crippen LogP contribution in [0.5, 0.6) is 5.75 Å². The summed E-state index contributed by atoms with van der Waals surface area (Å²) >= 11 is 0. The second-order valence-electron chi connectivity index (χ2n) is 8.25. The summed E-state index contributed by atoms with van der Waals surface area (Å²) in [5.74, 6) is 3.75. The summed E-state index contributed by atoms with van der Waals surface area (Å²) < 4.78 is 5.55. The fourth-order valence-electron chi connectivity index (χ4n) is 6.09. The maximum atomic E-state index is 10.9. The fourth-order valence-corrected chi connectivity index (χ4v) is 6.09. The number of rotatable bonds is 3. The van der Waals surface area contributed by atoms with Crippen LogP contribution >= 0.6 is 0 Å². The summed E-state index contributed by atoms with van der Waals surface area (Å²) in [6.45, 7) is 0. The van der Waals surface area contributed by atoms with Crippen LogP contribution in [0, 0.1) is 17.8 Å². The highest BCUT2D eigenvalue weighted by molar-refractivity contribution is 5.74. The van der Waals surface area contributed by atoms with Crippen LogP contribution in [0.15, 0.2) is 34.7 Å². The molecule has 1 aromatic carbocycles. The maximum Gasteiger partial charge on any atom is 0.185 e. The van der Waals surface area contributed by atoms with Crippen LogP contribution in [0.2, 0.25) is 0 Å². The van der Waals surface area contributed by atoms with Gasteiger partial charge in [-0.05, 0) is 91.5 Å². The van der Waals surface area contributed by atoms with Gasteiger partial charge in [0.25, 0.3) is 0 Å². The zero-order valence-electron chi connectivity index (χ0n) is 13.7. The third kappa shape index (κ3) is 2.07. The van der Waals surface area contributed by atoms with Crippen molar-refractivity contribution in [3.05, 3.63) is 41.7 Å². The molecule has 3 heteroatoms. The summed E-state index contributed by atoms with van der Waals surface area (Å²) in [6.07, 6.45) is 8.84. The SMILES string of the molecule is O=Cc1ccc(-c2cc(C34CC5CC(CC(C5)C3)C4)ccc2O)o1. The lowest BCUT2D eigenvalue weighted by molar-refractivity contribution is -0.00518. The van der Waals surface area contributed by atoms with Crippen LogP contribution in [0.4, 0.5) is 0 Å². The van der Waals surface area contributed by atoms with E-state index in [2.05, 4.69) is 12.1 Å². The minimum absolute atomic E-state index is 0.218. The molecule has 0 radical (unpaired) electrons. The van der Waals surface area contributed by atoms with E-state index in [1.54, 1.807) is 18.2 Å². The van der Waals surface area contributed by atoms with E-state index < -0.39 is 0 Å². The molecule has 4 fully saturated rings. The van der Waals surface area contributed by atoms with Crippen molar-refractivity contribution in [3.8, 4) is 17.1 Å². The van der Waals surface area contributed by atoms with Gasteiger partial charge in [0.1, 0.15) is 11.5 Å². The number of phenols is 1. The molecule has 1 heterocycles. The summed E-state index contributed by atoms with van der Waals surface area (Å²) in [5.41, 5.74) is 2.34. The highest BCUT2D eigenvalue weighted by atomic mass is 16.3. The highest BCUT2D eigenvalue weighted by Crippen LogP contribution is 2.61. The molecule has 0 spiro atoms.